The molecule has 2 aliphatic rings. The molecule has 1 saturated carbocycles. The fraction of sp³-hybridized carbons (Fsp3) is 0.368. The molecule has 0 N–H and O–H groups in total. The highest BCUT2D eigenvalue weighted by molar-refractivity contribution is 7.89. The average molecular weight is 409 g/mol. The van der Waals surface area contributed by atoms with Gasteiger partial charge in [0.2, 0.25) is 10.0 Å². The lowest BCUT2D eigenvalue weighted by Crippen LogP contribution is -2.60. The minimum absolute atomic E-state index is 0.142. The first kappa shape index (κ1) is 18.0. The predicted molar refractivity (Wildman–Crippen MR) is 105 cm³/mol. The van der Waals surface area contributed by atoms with Gasteiger partial charge in [0, 0.05) is 26.1 Å². The van der Waals surface area contributed by atoms with Crippen LogP contribution in [0.2, 0.25) is 0 Å². The van der Waals surface area contributed by atoms with E-state index in [4.69, 9.17) is 5.26 Å². The molecule has 2 aromatic heterocycles. The van der Waals surface area contributed by atoms with Crippen LogP contribution in [0.1, 0.15) is 30.1 Å². The van der Waals surface area contributed by atoms with Crippen molar-refractivity contribution in [3.05, 3.63) is 47.8 Å². The van der Waals surface area contributed by atoms with Crippen LogP contribution in [0.4, 0.5) is 5.82 Å². The van der Waals surface area contributed by atoms with E-state index in [1.54, 1.807) is 11.6 Å². The fourth-order valence-corrected chi connectivity index (χ4v) is 4.84. The maximum absolute atomic E-state index is 12.9. The summed E-state index contributed by atoms with van der Waals surface area (Å²) in [5.41, 5.74) is 1.16. The number of fused-ring (bicyclic) bond motifs is 1. The summed E-state index contributed by atoms with van der Waals surface area (Å²) in [5, 5.41) is 22.0. The molecule has 3 aromatic rings. The molecule has 0 amide bonds. The summed E-state index contributed by atoms with van der Waals surface area (Å²) in [7, 11) is -2.02. The molecule has 1 aliphatic carbocycles. The zero-order chi connectivity index (χ0) is 20.2. The number of hydrogen-bond donors (Lipinski definition) is 0. The van der Waals surface area contributed by atoms with Crippen molar-refractivity contribution in [2.75, 3.05) is 25.0 Å². The first-order valence-corrected chi connectivity index (χ1v) is 10.9. The summed E-state index contributed by atoms with van der Waals surface area (Å²) in [6, 6.07) is 11.6. The number of aromatic nitrogens is 4. The topological polar surface area (TPSA) is 107 Å². The highest BCUT2D eigenvalue weighted by Gasteiger charge is 2.37. The molecule has 0 bridgehead atoms. The van der Waals surface area contributed by atoms with Gasteiger partial charge in [-0.25, -0.2) is 8.42 Å². The van der Waals surface area contributed by atoms with Gasteiger partial charge in [0.1, 0.15) is 5.82 Å². The summed E-state index contributed by atoms with van der Waals surface area (Å²) in [4.78, 5) is 2.24. The van der Waals surface area contributed by atoms with E-state index < -0.39 is 10.0 Å². The van der Waals surface area contributed by atoms with E-state index in [0.29, 0.717) is 24.6 Å². The Labute approximate surface area is 168 Å². The Balaban J connectivity index is 1.31. The van der Waals surface area contributed by atoms with Crippen LogP contribution < -0.4 is 4.90 Å². The molecule has 0 unspecified atom stereocenters. The second kappa shape index (κ2) is 6.50. The lowest BCUT2D eigenvalue weighted by molar-refractivity contribution is 0.309. The molecule has 5 rings (SSSR count). The van der Waals surface area contributed by atoms with Gasteiger partial charge in [0.15, 0.2) is 11.5 Å². The van der Waals surface area contributed by atoms with Crippen molar-refractivity contribution in [1.82, 2.24) is 24.1 Å². The molecule has 3 heterocycles. The van der Waals surface area contributed by atoms with Crippen LogP contribution in [0.3, 0.4) is 0 Å². The second-order valence-electron chi connectivity index (χ2n) is 7.51. The summed E-state index contributed by atoms with van der Waals surface area (Å²) in [5.74, 6) is 2.14. The Morgan fingerprint density at radius 2 is 1.83 bits per heavy atom. The SMILES string of the molecule is CN(C1CN(c2ccc3nnc(C4CC4)n3n2)C1)S(=O)(=O)c1ccc(C#N)cc1. The van der Waals surface area contributed by atoms with Crippen LogP contribution in [0.5, 0.6) is 0 Å². The average Bonchev–Trinajstić information content (AvgIpc) is 3.46. The van der Waals surface area contributed by atoms with Crippen molar-refractivity contribution in [2.45, 2.75) is 29.7 Å². The number of nitriles is 1. The zero-order valence-corrected chi connectivity index (χ0v) is 16.6. The molecule has 0 spiro atoms. The predicted octanol–water partition coefficient (Wildman–Crippen LogP) is 1.38. The van der Waals surface area contributed by atoms with E-state index in [9.17, 15) is 8.42 Å². The highest BCUT2D eigenvalue weighted by Crippen LogP contribution is 2.39. The first-order chi connectivity index (χ1) is 14.0. The number of sulfonamides is 1. The van der Waals surface area contributed by atoms with Crippen molar-refractivity contribution in [3.8, 4) is 6.07 Å². The van der Waals surface area contributed by atoms with E-state index in [0.717, 1.165) is 30.1 Å². The minimum Gasteiger partial charge on any atom is -0.352 e. The summed E-state index contributed by atoms with van der Waals surface area (Å²) in [6.07, 6.45) is 2.24. The highest BCUT2D eigenvalue weighted by atomic mass is 32.2. The number of anilines is 1. The molecule has 0 radical (unpaired) electrons. The third-order valence-corrected chi connectivity index (χ3v) is 7.50. The Hall–Kier alpha value is -3.03. The van der Waals surface area contributed by atoms with Crippen LogP contribution in [-0.2, 0) is 10.0 Å². The summed E-state index contributed by atoms with van der Waals surface area (Å²) >= 11 is 0. The molecule has 9 nitrogen and oxygen atoms in total. The quantitative estimate of drug-likeness (QED) is 0.626. The molecule has 1 aliphatic heterocycles. The molecule has 29 heavy (non-hydrogen) atoms. The largest absolute Gasteiger partial charge is 0.352 e. The van der Waals surface area contributed by atoms with Crippen molar-refractivity contribution in [2.24, 2.45) is 0 Å². The van der Waals surface area contributed by atoms with E-state index in [1.165, 1.54) is 28.6 Å². The van der Waals surface area contributed by atoms with Gasteiger partial charge in [0.05, 0.1) is 22.6 Å². The normalized spacial score (nSPS) is 17.5. The van der Waals surface area contributed by atoms with Crippen LogP contribution in [0, 0.1) is 11.3 Å². The minimum atomic E-state index is -3.61. The number of benzene rings is 1. The fourth-order valence-electron chi connectivity index (χ4n) is 3.50. The molecule has 1 saturated heterocycles. The smallest absolute Gasteiger partial charge is 0.243 e. The van der Waals surface area contributed by atoms with Gasteiger partial charge >= 0.3 is 0 Å². The van der Waals surface area contributed by atoms with Crippen molar-refractivity contribution >= 4 is 21.5 Å². The molecular weight excluding hydrogens is 390 g/mol. The second-order valence-corrected chi connectivity index (χ2v) is 9.51. The lowest BCUT2D eigenvalue weighted by Gasteiger charge is -2.43. The van der Waals surface area contributed by atoms with Gasteiger partial charge < -0.3 is 4.90 Å². The van der Waals surface area contributed by atoms with Crippen molar-refractivity contribution in [1.29, 1.82) is 5.26 Å². The van der Waals surface area contributed by atoms with E-state index >= 15 is 0 Å². The first-order valence-electron chi connectivity index (χ1n) is 9.43. The molecular formula is C19H19N7O2S. The third kappa shape index (κ3) is 3.03. The van der Waals surface area contributed by atoms with Gasteiger partial charge in [-0.2, -0.15) is 14.1 Å². The Kier molecular flexibility index (Phi) is 4.04. The number of hydrogen-bond acceptors (Lipinski definition) is 7. The Bertz CT molecular complexity index is 1220. The standard InChI is InChI=1S/C19H19N7O2S/c1-24(29(27,28)16-6-2-13(10-20)3-7-16)15-11-25(12-15)18-9-8-17-21-22-19(14-4-5-14)26(17)23-18/h2-3,6-9,14-15H,4-5,11-12H2,1H3. The van der Waals surface area contributed by atoms with Crippen LogP contribution in [0.15, 0.2) is 41.3 Å². The maximum atomic E-state index is 12.9. The van der Waals surface area contributed by atoms with Gasteiger partial charge in [-0.3, -0.25) is 0 Å². The van der Waals surface area contributed by atoms with Crippen molar-refractivity contribution < 1.29 is 8.42 Å². The molecule has 2 fully saturated rings. The molecule has 148 valence electrons. The number of rotatable bonds is 5. The van der Waals surface area contributed by atoms with Gasteiger partial charge in [-0.15, -0.1) is 15.3 Å². The van der Waals surface area contributed by atoms with Gasteiger partial charge in [0.25, 0.3) is 0 Å². The molecule has 0 atom stereocenters. The van der Waals surface area contributed by atoms with Gasteiger partial charge in [-0.05, 0) is 49.2 Å². The summed E-state index contributed by atoms with van der Waals surface area (Å²) < 4.78 is 28.9. The van der Waals surface area contributed by atoms with Crippen LogP contribution in [-0.4, -0.2) is 58.7 Å². The Morgan fingerprint density at radius 3 is 2.48 bits per heavy atom. The molecule has 10 heteroatoms. The monoisotopic (exact) mass is 409 g/mol. The maximum Gasteiger partial charge on any atom is 0.243 e. The Morgan fingerprint density at radius 1 is 1.10 bits per heavy atom. The van der Waals surface area contributed by atoms with E-state index in [1.807, 2.05) is 23.1 Å². The van der Waals surface area contributed by atoms with Gasteiger partial charge in [-0.1, -0.05) is 0 Å². The third-order valence-electron chi connectivity index (χ3n) is 5.58. The number of likely N-dealkylation sites (N-methyl/N-ethyl adjacent to an activating group) is 1. The number of nitrogens with zero attached hydrogens (tertiary/aromatic N) is 7. The van der Waals surface area contributed by atoms with Crippen LogP contribution >= 0.6 is 0 Å². The van der Waals surface area contributed by atoms with Crippen molar-refractivity contribution in [3.63, 3.8) is 0 Å². The van der Waals surface area contributed by atoms with Crippen LogP contribution in [0.25, 0.3) is 5.65 Å². The van der Waals surface area contributed by atoms with E-state index in [-0.39, 0.29) is 10.9 Å². The lowest BCUT2D eigenvalue weighted by atomic mass is 10.1. The zero-order valence-electron chi connectivity index (χ0n) is 15.8. The molecule has 1 aromatic carbocycles. The summed E-state index contributed by atoms with van der Waals surface area (Å²) in [6.45, 7) is 1.12. The van der Waals surface area contributed by atoms with E-state index in [2.05, 4.69) is 15.3 Å².